The Morgan fingerprint density at radius 2 is 2.19 bits per heavy atom. The molecule has 1 aliphatic carbocycles. The van der Waals surface area contributed by atoms with E-state index in [2.05, 4.69) is 15.2 Å². The summed E-state index contributed by atoms with van der Waals surface area (Å²) in [7, 11) is -3.26. The topological polar surface area (TPSA) is 101 Å². The van der Waals surface area contributed by atoms with Gasteiger partial charge < -0.3 is 9.84 Å². The van der Waals surface area contributed by atoms with Crippen molar-refractivity contribution in [3.8, 4) is 0 Å². The average molecular weight is 315 g/mol. The number of nitrogens with one attached hydrogen (secondary N) is 2. The zero-order valence-electron chi connectivity index (χ0n) is 12.5. The van der Waals surface area contributed by atoms with Crippen molar-refractivity contribution in [2.75, 3.05) is 5.75 Å². The fraction of sp³-hybridized carbons (Fsp3) is 0.692. The monoisotopic (exact) mass is 315 g/mol. The molecule has 1 aromatic rings. The molecule has 0 aliphatic heterocycles. The minimum atomic E-state index is -3.26. The van der Waals surface area contributed by atoms with E-state index in [1.54, 1.807) is 6.92 Å². The molecule has 1 heterocycles. The summed E-state index contributed by atoms with van der Waals surface area (Å²) in [5.41, 5.74) is 0.974. The van der Waals surface area contributed by atoms with Gasteiger partial charge in [0.25, 0.3) is 5.91 Å². The molecule has 0 spiro atoms. The number of carbonyl (C=O) groups excluding carboxylic acids is 1. The van der Waals surface area contributed by atoms with E-state index in [1.165, 1.54) is 0 Å². The average Bonchev–Trinajstić information content (AvgIpc) is 2.80. The number of sulfonamides is 1. The first-order valence-corrected chi connectivity index (χ1v) is 8.76. The van der Waals surface area contributed by atoms with Crippen LogP contribution in [0.25, 0.3) is 0 Å². The number of hydrogen-bond acceptors (Lipinski definition) is 5. The Balaban J connectivity index is 2.16. The second-order valence-electron chi connectivity index (χ2n) is 5.52. The number of hydrogen-bond donors (Lipinski definition) is 2. The van der Waals surface area contributed by atoms with Crippen LogP contribution >= 0.6 is 0 Å². The smallest absolute Gasteiger partial charge is 0.273 e. The summed E-state index contributed by atoms with van der Waals surface area (Å²) in [6.07, 6.45) is 1.65. The summed E-state index contributed by atoms with van der Waals surface area (Å²) in [5, 5.41) is 6.61. The number of aryl methyl sites for hydroxylation is 1. The van der Waals surface area contributed by atoms with Gasteiger partial charge in [0.1, 0.15) is 5.76 Å². The SMILES string of the molecule is CCS(=O)(=O)NC1CCc2onc(C(=O)NC(C)C)c2C1. The van der Waals surface area contributed by atoms with Crippen LogP contribution in [0.5, 0.6) is 0 Å². The summed E-state index contributed by atoms with van der Waals surface area (Å²) in [5.74, 6) is 0.436. The van der Waals surface area contributed by atoms with Crippen LogP contribution in [0.2, 0.25) is 0 Å². The van der Waals surface area contributed by atoms with Crippen LogP contribution in [0.1, 0.15) is 49.0 Å². The Morgan fingerprint density at radius 3 is 2.81 bits per heavy atom. The molecule has 2 N–H and O–H groups in total. The highest BCUT2D eigenvalue weighted by Crippen LogP contribution is 2.25. The van der Waals surface area contributed by atoms with Crippen molar-refractivity contribution in [2.45, 2.75) is 52.1 Å². The molecular formula is C13H21N3O4S. The first-order chi connectivity index (χ1) is 9.82. The van der Waals surface area contributed by atoms with E-state index >= 15 is 0 Å². The van der Waals surface area contributed by atoms with E-state index in [1.807, 2.05) is 13.8 Å². The van der Waals surface area contributed by atoms with Gasteiger partial charge >= 0.3 is 0 Å². The Hall–Kier alpha value is -1.41. The fourth-order valence-electron chi connectivity index (χ4n) is 2.35. The van der Waals surface area contributed by atoms with Gasteiger partial charge in [-0.05, 0) is 33.6 Å². The van der Waals surface area contributed by atoms with Gasteiger partial charge in [0.15, 0.2) is 5.69 Å². The first-order valence-electron chi connectivity index (χ1n) is 7.10. The molecule has 0 radical (unpaired) electrons. The number of rotatable bonds is 5. The molecule has 0 bridgehead atoms. The Morgan fingerprint density at radius 1 is 1.48 bits per heavy atom. The molecule has 1 aliphatic rings. The standard InChI is InChI=1S/C13H21N3O4S/c1-4-21(18,19)16-9-5-6-11-10(7-9)12(15-20-11)13(17)14-8(2)3/h8-9,16H,4-7H2,1-3H3,(H,14,17). The van der Waals surface area contributed by atoms with Gasteiger partial charge in [0, 0.05) is 24.1 Å². The van der Waals surface area contributed by atoms with E-state index in [0.29, 0.717) is 30.6 Å². The lowest BCUT2D eigenvalue weighted by molar-refractivity contribution is 0.0933. The van der Waals surface area contributed by atoms with Gasteiger partial charge in [-0.3, -0.25) is 4.79 Å². The molecule has 118 valence electrons. The number of nitrogens with zero attached hydrogens (tertiary/aromatic N) is 1. The van der Waals surface area contributed by atoms with Gasteiger partial charge in [-0.25, -0.2) is 13.1 Å². The zero-order chi connectivity index (χ0) is 15.6. The lowest BCUT2D eigenvalue weighted by atomic mass is 9.92. The van der Waals surface area contributed by atoms with Crippen LogP contribution in [-0.2, 0) is 22.9 Å². The van der Waals surface area contributed by atoms with Gasteiger partial charge in [0.2, 0.25) is 10.0 Å². The number of fused-ring (bicyclic) bond motifs is 1. The fourth-order valence-corrected chi connectivity index (χ4v) is 3.23. The van der Waals surface area contributed by atoms with Crippen LogP contribution in [0.4, 0.5) is 0 Å². The predicted octanol–water partition coefficient (Wildman–Crippen LogP) is 0.609. The van der Waals surface area contributed by atoms with Gasteiger partial charge in [0.05, 0.1) is 5.75 Å². The molecule has 1 atom stereocenters. The van der Waals surface area contributed by atoms with Crippen LogP contribution in [-0.4, -0.2) is 37.3 Å². The largest absolute Gasteiger partial charge is 0.360 e. The molecular weight excluding hydrogens is 294 g/mol. The van der Waals surface area contributed by atoms with Gasteiger partial charge in [-0.1, -0.05) is 5.16 Å². The van der Waals surface area contributed by atoms with Crippen molar-refractivity contribution in [3.63, 3.8) is 0 Å². The molecule has 1 unspecified atom stereocenters. The molecule has 0 fully saturated rings. The second kappa shape index (κ2) is 6.15. The maximum Gasteiger partial charge on any atom is 0.273 e. The minimum Gasteiger partial charge on any atom is -0.360 e. The Bertz CT molecular complexity index is 621. The summed E-state index contributed by atoms with van der Waals surface area (Å²) in [4.78, 5) is 12.1. The maximum absolute atomic E-state index is 12.1. The van der Waals surface area contributed by atoms with Crippen molar-refractivity contribution in [2.24, 2.45) is 0 Å². The third-order valence-corrected chi connectivity index (χ3v) is 4.85. The normalized spacial score (nSPS) is 18.6. The van der Waals surface area contributed by atoms with Crippen molar-refractivity contribution in [3.05, 3.63) is 17.0 Å². The number of amides is 1. The quantitative estimate of drug-likeness (QED) is 0.829. The van der Waals surface area contributed by atoms with Gasteiger partial charge in [-0.2, -0.15) is 0 Å². The molecule has 0 aromatic carbocycles. The molecule has 2 rings (SSSR count). The molecule has 1 aromatic heterocycles. The van der Waals surface area contributed by atoms with Crippen molar-refractivity contribution in [1.82, 2.24) is 15.2 Å². The van der Waals surface area contributed by atoms with Crippen LogP contribution in [0.15, 0.2) is 4.52 Å². The van der Waals surface area contributed by atoms with E-state index in [0.717, 1.165) is 0 Å². The molecule has 0 saturated heterocycles. The highest BCUT2D eigenvalue weighted by atomic mass is 32.2. The third kappa shape index (κ3) is 3.82. The minimum absolute atomic E-state index is 0.00262. The van der Waals surface area contributed by atoms with Crippen LogP contribution < -0.4 is 10.0 Å². The van der Waals surface area contributed by atoms with E-state index in [4.69, 9.17) is 4.52 Å². The van der Waals surface area contributed by atoms with Crippen LogP contribution in [0, 0.1) is 0 Å². The highest BCUT2D eigenvalue weighted by Gasteiger charge is 2.30. The molecule has 1 amide bonds. The van der Waals surface area contributed by atoms with Crippen molar-refractivity contribution < 1.29 is 17.7 Å². The Kier molecular flexibility index (Phi) is 4.67. The maximum atomic E-state index is 12.1. The van der Waals surface area contributed by atoms with E-state index in [9.17, 15) is 13.2 Å². The third-order valence-electron chi connectivity index (χ3n) is 3.40. The molecule has 21 heavy (non-hydrogen) atoms. The van der Waals surface area contributed by atoms with Crippen molar-refractivity contribution in [1.29, 1.82) is 0 Å². The van der Waals surface area contributed by atoms with E-state index in [-0.39, 0.29) is 29.4 Å². The number of aromatic nitrogens is 1. The molecule has 7 nitrogen and oxygen atoms in total. The lowest BCUT2D eigenvalue weighted by Gasteiger charge is -2.22. The van der Waals surface area contributed by atoms with Crippen molar-refractivity contribution >= 4 is 15.9 Å². The molecule has 8 heteroatoms. The molecule has 0 saturated carbocycles. The Labute approximate surface area is 124 Å². The lowest BCUT2D eigenvalue weighted by Crippen LogP contribution is -2.40. The van der Waals surface area contributed by atoms with E-state index < -0.39 is 10.0 Å². The summed E-state index contributed by atoms with van der Waals surface area (Å²) < 4.78 is 31.2. The summed E-state index contributed by atoms with van der Waals surface area (Å²) in [6, 6.07) is -0.213. The summed E-state index contributed by atoms with van der Waals surface area (Å²) >= 11 is 0. The second-order valence-corrected chi connectivity index (χ2v) is 7.56. The first kappa shape index (κ1) is 16.0. The highest BCUT2D eigenvalue weighted by molar-refractivity contribution is 7.89. The summed E-state index contributed by atoms with van der Waals surface area (Å²) in [6.45, 7) is 5.32. The van der Waals surface area contributed by atoms with Crippen LogP contribution in [0.3, 0.4) is 0 Å². The zero-order valence-corrected chi connectivity index (χ0v) is 13.3. The number of carbonyl (C=O) groups is 1. The van der Waals surface area contributed by atoms with Gasteiger partial charge in [-0.15, -0.1) is 0 Å². The predicted molar refractivity (Wildman–Crippen MR) is 77.5 cm³/mol.